The van der Waals surface area contributed by atoms with Crippen LogP contribution in [0.4, 0.5) is 0 Å². The quantitative estimate of drug-likeness (QED) is 0.890. The highest BCUT2D eigenvalue weighted by Gasteiger charge is 2.58. The molecule has 4 rings (SSSR count). The SMILES string of the molecule is Cc1nonc1CN1C[C@@H]2CN(C3CCCC3)C[C@]2(C(=O)O)C1. The zero-order valence-electron chi connectivity index (χ0n) is 13.6. The van der Waals surface area contributed by atoms with Crippen LogP contribution in [-0.2, 0) is 11.3 Å². The Morgan fingerprint density at radius 1 is 1.30 bits per heavy atom. The van der Waals surface area contributed by atoms with Crippen molar-refractivity contribution in [1.29, 1.82) is 0 Å². The van der Waals surface area contributed by atoms with Crippen molar-refractivity contribution in [3.8, 4) is 0 Å². The fraction of sp³-hybridized carbons (Fsp3) is 0.812. The Hall–Kier alpha value is -1.47. The molecule has 2 aliphatic heterocycles. The maximum atomic E-state index is 12.1. The lowest BCUT2D eigenvalue weighted by molar-refractivity contribution is -0.149. The summed E-state index contributed by atoms with van der Waals surface area (Å²) in [5, 5.41) is 17.7. The van der Waals surface area contributed by atoms with Gasteiger partial charge >= 0.3 is 5.97 Å². The lowest BCUT2D eigenvalue weighted by Gasteiger charge is -2.28. The highest BCUT2D eigenvalue weighted by atomic mass is 16.6. The summed E-state index contributed by atoms with van der Waals surface area (Å²) in [4.78, 5) is 16.7. The van der Waals surface area contributed by atoms with Crippen molar-refractivity contribution in [2.45, 2.75) is 45.2 Å². The average Bonchev–Trinajstić information content (AvgIpc) is 3.23. The van der Waals surface area contributed by atoms with Gasteiger partial charge in [0.2, 0.25) is 0 Å². The Kier molecular flexibility index (Phi) is 3.65. The first-order valence-corrected chi connectivity index (χ1v) is 8.56. The minimum Gasteiger partial charge on any atom is -0.481 e. The molecule has 0 amide bonds. The van der Waals surface area contributed by atoms with E-state index in [9.17, 15) is 9.90 Å². The molecular weight excluding hydrogens is 296 g/mol. The van der Waals surface area contributed by atoms with Gasteiger partial charge in [0.25, 0.3) is 0 Å². The molecule has 1 N–H and O–H groups in total. The monoisotopic (exact) mass is 320 g/mol. The van der Waals surface area contributed by atoms with E-state index >= 15 is 0 Å². The van der Waals surface area contributed by atoms with Gasteiger partial charge in [-0.3, -0.25) is 14.6 Å². The molecule has 2 atom stereocenters. The van der Waals surface area contributed by atoms with Crippen LogP contribution >= 0.6 is 0 Å². The number of aromatic nitrogens is 2. The second-order valence-corrected chi connectivity index (χ2v) is 7.49. The number of hydrogen-bond donors (Lipinski definition) is 1. The molecule has 7 nitrogen and oxygen atoms in total. The van der Waals surface area contributed by atoms with Crippen LogP contribution in [0.2, 0.25) is 0 Å². The van der Waals surface area contributed by atoms with Gasteiger partial charge in [-0.15, -0.1) is 0 Å². The van der Waals surface area contributed by atoms with E-state index in [0.29, 0.717) is 25.7 Å². The van der Waals surface area contributed by atoms with Crippen molar-refractivity contribution in [2.24, 2.45) is 11.3 Å². The largest absolute Gasteiger partial charge is 0.481 e. The summed E-state index contributed by atoms with van der Waals surface area (Å²) in [5.74, 6) is -0.429. The molecule has 0 unspecified atom stereocenters. The molecule has 0 spiro atoms. The molecule has 0 bridgehead atoms. The number of aryl methyl sites for hydroxylation is 1. The zero-order valence-corrected chi connectivity index (χ0v) is 13.6. The normalized spacial score (nSPS) is 32.7. The molecule has 1 aromatic heterocycles. The molecule has 3 aliphatic rings. The third-order valence-corrected chi connectivity index (χ3v) is 6.09. The van der Waals surface area contributed by atoms with Gasteiger partial charge in [-0.25, -0.2) is 4.63 Å². The fourth-order valence-electron chi connectivity index (χ4n) is 4.78. The lowest BCUT2D eigenvalue weighted by atomic mass is 9.81. The summed E-state index contributed by atoms with van der Waals surface area (Å²) < 4.78 is 4.76. The number of aliphatic carboxylic acids is 1. The van der Waals surface area contributed by atoms with Gasteiger partial charge in [-0.05, 0) is 19.8 Å². The third kappa shape index (κ3) is 2.46. The fourth-order valence-corrected chi connectivity index (χ4v) is 4.78. The number of fused-ring (bicyclic) bond motifs is 1. The summed E-state index contributed by atoms with van der Waals surface area (Å²) in [6.45, 7) is 5.54. The Labute approximate surface area is 135 Å². The molecule has 0 radical (unpaired) electrons. The molecule has 3 fully saturated rings. The van der Waals surface area contributed by atoms with Gasteiger partial charge in [0.05, 0.1) is 5.41 Å². The summed E-state index contributed by atoms with van der Waals surface area (Å²) in [5.41, 5.74) is 0.991. The van der Waals surface area contributed by atoms with Gasteiger partial charge in [-0.2, -0.15) is 0 Å². The van der Waals surface area contributed by atoms with E-state index in [2.05, 4.69) is 20.1 Å². The molecule has 0 aromatic carbocycles. The first-order chi connectivity index (χ1) is 11.1. The van der Waals surface area contributed by atoms with Crippen LogP contribution in [0.5, 0.6) is 0 Å². The summed E-state index contributed by atoms with van der Waals surface area (Å²) >= 11 is 0. The number of carboxylic acids is 1. The van der Waals surface area contributed by atoms with Crippen molar-refractivity contribution in [2.75, 3.05) is 26.2 Å². The second-order valence-electron chi connectivity index (χ2n) is 7.49. The molecule has 1 aromatic rings. The molecule has 3 heterocycles. The van der Waals surface area contributed by atoms with Crippen LogP contribution in [0.15, 0.2) is 4.63 Å². The lowest BCUT2D eigenvalue weighted by Crippen LogP contribution is -2.42. The van der Waals surface area contributed by atoms with E-state index in [1.165, 1.54) is 25.7 Å². The van der Waals surface area contributed by atoms with E-state index in [1.807, 2.05) is 6.92 Å². The maximum Gasteiger partial charge on any atom is 0.312 e. The number of rotatable bonds is 4. The van der Waals surface area contributed by atoms with Crippen LogP contribution in [-0.4, -0.2) is 63.4 Å². The standard InChI is InChI=1S/C16H24N4O3/c1-11-14(18-23-17-11)8-19-6-12-7-20(13-4-2-3-5-13)10-16(12,9-19)15(21)22/h12-13H,2-10H2,1H3,(H,21,22)/t12-,16-/m1/s1. The van der Waals surface area contributed by atoms with E-state index in [0.717, 1.165) is 24.5 Å². The molecule has 23 heavy (non-hydrogen) atoms. The Bertz CT molecular complexity index is 598. The predicted molar refractivity (Wildman–Crippen MR) is 81.7 cm³/mol. The average molecular weight is 320 g/mol. The Balaban J connectivity index is 1.48. The molecule has 1 saturated carbocycles. The van der Waals surface area contributed by atoms with Crippen molar-refractivity contribution < 1.29 is 14.5 Å². The highest BCUT2D eigenvalue weighted by molar-refractivity contribution is 5.77. The summed E-state index contributed by atoms with van der Waals surface area (Å²) in [7, 11) is 0. The van der Waals surface area contributed by atoms with Gasteiger partial charge in [0.1, 0.15) is 11.4 Å². The molecule has 2 saturated heterocycles. The second kappa shape index (κ2) is 5.56. The van der Waals surface area contributed by atoms with Crippen LogP contribution in [0.1, 0.15) is 37.1 Å². The molecule has 1 aliphatic carbocycles. The topological polar surface area (TPSA) is 82.7 Å². The minimum absolute atomic E-state index is 0.209. The van der Waals surface area contributed by atoms with Crippen LogP contribution in [0.25, 0.3) is 0 Å². The van der Waals surface area contributed by atoms with E-state index in [1.54, 1.807) is 0 Å². The van der Waals surface area contributed by atoms with E-state index < -0.39 is 11.4 Å². The van der Waals surface area contributed by atoms with Crippen molar-refractivity contribution in [3.05, 3.63) is 11.4 Å². The number of nitrogens with zero attached hydrogens (tertiary/aromatic N) is 4. The van der Waals surface area contributed by atoms with Crippen molar-refractivity contribution in [3.63, 3.8) is 0 Å². The van der Waals surface area contributed by atoms with Gasteiger partial charge in [-0.1, -0.05) is 23.2 Å². The molecular formula is C16H24N4O3. The molecule has 7 heteroatoms. The van der Waals surface area contributed by atoms with Crippen molar-refractivity contribution in [1.82, 2.24) is 20.1 Å². The van der Waals surface area contributed by atoms with E-state index in [4.69, 9.17) is 4.63 Å². The highest BCUT2D eigenvalue weighted by Crippen LogP contribution is 2.45. The van der Waals surface area contributed by atoms with Crippen LogP contribution in [0, 0.1) is 18.3 Å². The van der Waals surface area contributed by atoms with Gasteiger partial charge < -0.3 is 5.11 Å². The molecule has 126 valence electrons. The first-order valence-electron chi connectivity index (χ1n) is 8.56. The first kappa shape index (κ1) is 15.1. The summed E-state index contributed by atoms with van der Waals surface area (Å²) in [6.07, 6.45) is 5.04. The Morgan fingerprint density at radius 3 is 2.70 bits per heavy atom. The number of likely N-dealkylation sites (tertiary alicyclic amines) is 2. The zero-order chi connectivity index (χ0) is 16.0. The van der Waals surface area contributed by atoms with Gasteiger partial charge in [0, 0.05) is 44.7 Å². The smallest absolute Gasteiger partial charge is 0.312 e. The van der Waals surface area contributed by atoms with Gasteiger partial charge in [0.15, 0.2) is 0 Å². The minimum atomic E-state index is -0.638. The van der Waals surface area contributed by atoms with Crippen LogP contribution < -0.4 is 0 Å². The number of hydrogen-bond acceptors (Lipinski definition) is 6. The third-order valence-electron chi connectivity index (χ3n) is 6.09. The van der Waals surface area contributed by atoms with E-state index in [-0.39, 0.29) is 5.92 Å². The van der Waals surface area contributed by atoms with Crippen LogP contribution in [0.3, 0.4) is 0 Å². The number of carbonyl (C=O) groups is 1. The van der Waals surface area contributed by atoms with Crippen molar-refractivity contribution >= 4 is 5.97 Å². The number of carboxylic acid groups (broad SMARTS) is 1. The predicted octanol–water partition coefficient (Wildman–Crippen LogP) is 1.14. The summed E-state index contributed by atoms with van der Waals surface area (Å²) in [6, 6.07) is 0.604. The maximum absolute atomic E-state index is 12.1. The Morgan fingerprint density at radius 2 is 2.09 bits per heavy atom.